The molecule has 0 aromatic heterocycles. The van der Waals surface area contributed by atoms with Crippen molar-refractivity contribution < 1.29 is 32.3 Å². The van der Waals surface area contributed by atoms with E-state index in [1.165, 1.54) is 6.08 Å². The Balaban J connectivity index is 1.52. The van der Waals surface area contributed by atoms with E-state index in [0.29, 0.717) is 24.4 Å². The summed E-state index contributed by atoms with van der Waals surface area (Å²) in [6.45, 7) is 13.2. The zero-order valence-corrected chi connectivity index (χ0v) is 28.3. The molecule has 13 heteroatoms. The smallest absolute Gasteiger partial charge is 0.408 e. The molecule has 3 aliphatic rings. The molecular weight excluding hydrogens is 610 g/mol. The van der Waals surface area contributed by atoms with Crippen LogP contribution >= 0.6 is 0 Å². The average Bonchev–Trinajstić information content (AvgIpc) is 3.90. The van der Waals surface area contributed by atoms with E-state index >= 15 is 0 Å². The van der Waals surface area contributed by atoms with Crippen LogP contribution < -0.4 is 26.0 Å². The van der Waals surface area contributed by atoms with Crippen molar-refractivity contribution in [1.29, 1.82) is 0 Å². The lowest BCUT2D eigenvalue weighted by atomic mass is 9.86. The number of hydrogen-bond acceptors (Lipinski definition) is 8. The van der Waals surface area contributed by atoms with Crippen molar-refractivity contribution in [3.8, 4) is 0 Å². The van der Waals surface area contributed by atoms with Crippen molar-refractivity contribution in [2.45, 2.75) is 114 Å². The van der Waals surface area contributed by atoms with Crippen LogP contribution in [-0.2, 0) is 29.1 Å². The highest BCUT2D eigenvalue weighted by molar-refractivity contribution is 7.91. The summed E-state index contributed by atoms with van der Waals surface area (Å²) in [6.07, 6.45) is 5.21. The van der Waals surface area contributed by atoms with E-state index in [0.717, 1.165) is 31.2 Å². The van der Waals surface area contributed by atoms with E-state index < -0.39 is 68.0 Å². The number of anilines is 1. The molecule has 4 rings (SSSR count). The topological polar surface area (TPSA) is 172 Å². The van der Waals surface area contributed by atoms with Crippen LogP contribution in [0.25, 0.3) is 0 Å². The SMILES string of the molecule is C=C[C@@H]1C[C@]1(NC(=O)[C@H](CNc1ccc(C(C)C)cc1)NC(=O)[C@@H](NC(=O)OC1CCCC1)C(C)(C)C)C(=O)NS(=O)(=O)C1CC1. The molecule has 0 aliphatic heterocycles. The first-order chi connectivity index (χ1) is 21.6. The van der Waals surface area contributed by atoms with E-state index in [9.17, 15) is 27.6 Å². The second kappa shape index (κ2) is 14.0. The minimum atomic E-state index is -3.86. The number of rotatable bonds is 14. The van der Waals surface area contributed by atoms with Crippen molar-refractivity contribution in [1.82, 2.24) is 20.7 Å². The second-order valence-corrected chi connectivity index (χ2v) is 16.1. The molecule has 3 aliphatic carbocycles. The molecule has 0 spiro atoms. The third-order valence-electron chi connectivity index (χ3n) is 8.94. The van der Waals surface area contributed by atoms with Crippen LogP contribution in [0.4, 0.5) is 10.5 Å². The van der Waals surface area contributed by atoms with Crippen molar-refractivity contribution in [3.63, 3.8) is 0 Å². The molecule has 4 amide bonds. The van der Waals surface area contributed by atoms with Crippen LogP contribution in [0.1, 0.15) is 91.0 Å². The third kappa shape index (κ3) is 8.80. The lowest BCUT2D eigenvalue weighted by Gasteiger charge is -2.32. The highest BCUT2D eigenvalue weighted by Gasteiger charge is 2.61. The Morgan fingerprint density at radius 3 is 2.15 bits per heavy atom. The fraction of sp³-hybridized carbons (Fsp3) is 0.636. The summed E-state index contributed by atoms with van der Waals surface area (Å²) >= 11 is 0. The summed E-state index contributed by atoms with van der Waals surface area (Å²) in [7, 11) is -3.86. The zero-order valence-electron chi connectivity index (χ0n) is 27.5. The Morgan fingerprint density at radius 1 is 1.00 bits per heavy atom. The Hall–Kier alpha value is -3.61. The highest BCUT2D eigenvalue weighted by atomic mass is 32.2. The summed E-state index contributed by atoms with van der Waals surface area (Å²) in [5.74, 6) is -2.29. The van der Waals surface area contributed by atoms with Crippen molar-refractivity contribution in [2.24, 2.45) is 11.3 Å². The molecule has 0 radical (unpaired) electrons. The van der Waals surface area contributed by atoms with Gasteiger partial charge in [-0.3, -0.25) is 19.1 Å². The van der Waals surface area contributed by atoms with Gasteiger partial charge in [0.2, 0.25) is 21.8 Å². The Kier molecular flexibility index (Phi) is 10.7. The summed E-state index contributed by atoms with van der Waals surface area (Å²) in [6, 6.07) is 5.42. The number of hydrogen-bond donors (Lipinski definition) is 5. The second-order valence-electron chi connectivity index (χ2n) is 14.2. The molecule has 254 valence electrons. The van der Waals surface area contributed by atoms with Gasteiger partial charge in [0, 0.05) is 18.2 Å². The summed E-state index contributed by atoms with van der Waals surface area (Å²) in [5, 5.41) is 10.7. The number of carbonyl (C=O) groups is 4. The normalized spacial score (nSPS) is 22.7. The molecule has 3 fully saturated rings. The lowest BCUT2D eigenvalue weighted by Crippen LogP contribution is -2.62. The predicted octanol–water partition coefficient (Wildman–Crippen LogP) is 3.46. The van der Waals surface area contributed by atoms with Crippen molar-refractivity contribution >= 4 is 39.5 Å². The Morgan fingerprint density at radius 2 is 1.63 bits per heavy atom. The van der Waals surface area contributed by atoms with Gasteiger partial charge in [0.05, 0.1) is 5.25 Å². The third-order valence-corrected chi connectivity index (χ3v) is 10.8. The van der Waals surface area contributed by atoms with Gasteiger partial charge in [-0.15, -0.1) is 6.58 Å². The minimum Gasteiger partial charge on any atom is -0.446 e. The number of sulfonamides is 1. The Bertz CT molecular complexity index is 1410. The van der Waals surface area contributed by atoms with Crippen molar-refractivity contribution in [2.75, 3.05) is 11.9 Å². The van der Waals surface area contributed by atoms with E-state index in [2.05, 4.69) is 46.4 Å². The monoisotopic (exact) mass is 659 g/mol. The van der Waals surface area contributed by atoms with Gasteiger partial charge in [0.25, 0.3) is 5.91 Å². The fourth-order valence-electron chi connectivity index (χ4n) is 5.68. The fourth-order valence-corrected chi connectivity index (χ4v) is 7.04. The van der Waals surface area contributed by atoms with Crippen LogP contribution in [0.5, 0.6) is 0 Å². The maximum absolute atomic E-state index is 13.9. The van der Waals surface area contributed by atoms with Crippen LogP contribution in [-0.4, -0.2) is 67.8 Å². The summed E-state index contributed by atoms with van der Waals surface area (Å²) < 4.78 is 32.8. The number of nitrogens with one attached hydrogen (secondary N) is 5. The molecule has 12 nitrogen and oxygen atoms in total. The number of ether oxygens (including phenoxy) is 1. The van der Waals surface area contributed by atoms with E-state index in [4.69, 9.17) is 4.74 Å². The molecule has 0 bridgehead atoms. The highest BCUT2D eigenvalue weighted by Crippen LogP contribution is 2.45. The first kappa shape index (κ1) is 35.2. The molecule has 46 heavy (non-hydrogen) atoms. The van der Waals surface area contributed by atoms with Crippen LogP contribution in [0.2, 0.25) is 0 Å². The molecule has 5 N–H and O–H groups in total. The van der Waals surface area contributed by atoms with Gasteiger partial charge in [-0.1, -0.05) is 52.8 Å². The Labute approximate surface area is 272 Å². The van der Waals surface area contributed by atoms with E-state index in [1.54, 1.807) is 20.8 Å². The zero-order chi connectivity index (χ0) is 33.9. The first-order valence-electron chi connectivity index (χ1n) is 16.2. The lowest BCUT2D eigenvalue weighted by molar-refractivity contribution is -0.133. The molecule has 3 saturated carbocycles. The molecular formula is C33H49N5O7S. The van der Waals surface area contributed by atoms with Gasteiger partial charge in [0.15, 0.2) is 0 Å². The standard InChI is InChI=1S/C33H49N5O7S/c1-7-22-18-33(22,30(41)38-46(43,44)25-16-17-25)37-28(39)26(19-34-23-14-12-21(13-15-23)20(2)3)35-29(40)27(32(4,5)6)36-31(42)45-24-10-8-9-11-24/h7,12-15,20,22,24-27,34H,1,8-11,16-19H2,2-6H3,(H,35,40)(H,36,42)(H,37,39)(H,38,41)/t22-,26+,27-,33-/m1/s1. The van der Waals surface area contributed by atoms with Gasteiger partial charge in [0.1, 0.15) is 23.7 Å². The number of amides is 4. The van der Waals surface area contributed by atoms with Gasteiger partial charge in [-0.25, -0.2) is 13.2 Å². The van der Waals surface area contributed by atoms with Crippen LogP contribution in [0, 0.1) is 11.3 Å². The van der Waals surface area contributed by atoms with Gasteiger partial charge in [-0.05, 0) is 74.0 Å². The molecule has 0 saturated heterocycles. The maximum atomic E-state index is 13.9. The van der Waals surface area contributed by atoms with Gasteiger partial charge < -0.3 is 26.0 Å². The summed E-state index contributed by atoms with van der Waals surface area (Å²) in [5.41, 5.74) is -0.423. The quantitative estimate of drug-likeness (QED) is 0.189. The number of benzene rings is 1. The van der Waals surface area contributed by atoms with Crippen LogP contribution in [0.3, 0.4) is 0 Å². The average molecular weight is 660 g/mol. The van der Waals surface area contributed by atoms with Crippen LogP contribution in [0.15, 0.2) is 36.9 Å². The maximum Gasteiger partial charge on any atom is 0.408 e. The van der Waals surface area contributed by atoms with Gasteiger partial charge in [-0.2, -0.15) is 0 Å². The van der Waals surface area contributed by atoms with E-state index in [-0.39, 0.29) is 19.1 Å². The molecule has 0 unspecified atom stereocenters. The first-order valence-corrected chi connectivity index (χ1v) is 17.7. The van der Waals surface area contributed by atoms with Crippen molar-refractivity contribution in [3.05, 3.63) is 42.5 Å². The number of carbonyl (C=O) groups excluding carboxylic acids is 4. The van der Waals surface area contributed by atoms with E-state index in [1.807, 2.05) is 24.3 Å². The molecule has 1 aromatic carbocycles. The minimum absolute atomic E-state index is 0.0567. The largest absolute Gasteiger partial charge is 0.446 e. The summed E-state index contributed by atoms with van der Waals surface area (Å²) in [4.78, 5) is 53.7. The number of alkyl carbamates (subject to hydrolysis) is 1. The molecule has 0 heterocycles. The predicted molar refractivity (Wildman–Crippen MR) is 175 cm³/mol. The molecule has 4 atom stereocenters. The van der Waals surface area contributed by atoms with Gasteiger partial charge >= 0.3 is 6.09 Å². The molecule has 1 aromatic rings.